The fourth-order valence-corrected chi connectivity index (χ4v) is 2.69. The number of hydrogen-bond acceptors (Lipinski definition) is 5. The van der Waals surface area contributed by atoms with Crippen LogP contribution in [0.5, 0.6) is 0 Å². The van der Waals surface area contributed by atoms with Gasteiger partial charge in [-0.3, -0.25) is 9.79 Å². The molecule has 1 aliphatic carbocycles. The summed E-state index contributed by atoms with van der Waals surface area (Å²) in [6.45, 7) is 5.23. The average molecular weight is 314 g/mol. The van der Waals surface area contributed by atoms with Crippen molar-refractivity contribution < 1.29 is 19.8 Å². The topological polar surface area (TPSA) is 89.8 Å². The van der Waals surface area contributed by atoms with E-state index >= 15 is 0 Å². The van der Waals surface area contributed by atoms with Crippen LogP contribution < -0.4 is 5.11 Å². The molecule has 5 heteroatoms. The second-order valence-corrected chi connectivity index (χ2v) is 6.60. The van der Waals surface area contributed by atoms with Gasteiger partial charge in [0.15, 0.2) is 5.78 Å². The molecule has 23 heavy (non-hydrogen) atoms. The number of aliphatic hydroxyl groups is 1. The molecular formula is C18H20NO4-. The van der Waals surface area contributed by atoms with Crippen LogP contribution in [0.1, 0.15) is 39.2 Å². The van der Waals surface area contributed by atoms with E-state index in [-0.39, 0.29) is 29.0 Å². The third-order valence-corrected chi connectivity index (χ3v) is 3.83. The number of carboxylic acids is 1. The number of carbonyl (C=O) groups is 2. The molecule has 2 rings (SSSR count). The molecule has 0 spiro atoms. The van der Waals surface area contributed by atoms with Gasteiger partial charge in [-0.05, 0) is 18.8 Å². The molecule has 0 aromatic heterocycles. The van der Waals surface area contributed by atoms with Crippen LogP contribution >= 0.6 is 0 Å². The Kier molecular flexibility index (Phi) is 4.68. The Morgan fingerprint density at radius 1 is 1.26 bits per heavy atom. The lowest BCUT2D eigenvalue weighted by molar-refractivity contribution is -0.306. The van der Waals surface area contributed by atoms with Crippen molar-refractivity contribution in [2.75, 3.05) is 0 Å². The number of nitrogens with zero attached hydrogens (tertiary/aromatic N) is 1. The van der Waals surface area contributed by atoms with Gasteiger partial charge in [-0.2, -0.15) is 0 Å². The zero-order chi connectivity index (χ0) is 17.2. The standard InChI is InChI=1S/C18H21NO4/c1-11(17(22)23)19-13-9-18(2,3)10-14(20)15(13)16(21)12-7-5-4-6-8-12/h4-8,11,21H,9-10H2,1-3H3,(H,22,23)/p-1. The molecule has 0 radical (unpaired) electrons. The van der Waals surface area contributed by atoms with Crippen molar-refractivity contribution in [3.05, 3.63) is 41.5 Å². The van der Waals surface area contributed by atoms with E-state index in [1.807, 2.05) is 13.8 Å². The third-order valence-electron chi connectivity index (χ3n) is 3.83. The van der Waals surface area contributed by atoms with Crippen LogP contribution in [-0.2, 0) is 9.59 Å². The van der Waals surface area contributed by atoms with Crippen LogP contribution in [0, 0.1) is 5.41 Å². The number of ketones is 1. The lowest BCUT2D eigenvalue weighted by Gasteiger charge is -2.32. The summed E-state index contributed by atoms with van der Waals surface area (Å²) < 4.78 is 0. The number of hydrogen-bond donors (Lipinski definition) is 1. The number of carbonyl (C=O) groups excluding carboxylic acids is 2. The minimum Gasteiger partial charge on any atom is -0.548 e. The normalized spacial score (nSPS) is 22.7. The molecule has 1 N–H and O–H groups in total. The molecule has 1 aliphatic rings. The van der Waals surface area contributed by atoms with E-state index in [0.717, 1.165) is 0 Å². The second-order valence-electron chi connectivity index (χ2n) is 6.60. The van der Waals surface area contributed by atoms with Gasteiger partial charge in [0.1, 0.15) is 5.76 Å². The van der Waals surface area contributed by atoms with Crippen molar-refractivity contribution >= 4 is 23.2 Å². The number of rotatable bonds is 3. The minimum absolute atomic E-state index is 0.114. The van der Waals surface area contributed by atoms with Crippen molar-refractivity contribution in [3.63, 3.8) is 0 Å². The summed E-state index contributed by atoms with van der Waals surface area (Å²) in [6.07, 6.45) is 0.695. The molecule has 5 nitrogen and oxygen atoms in total. The quantitative estimate of drug-likeness (QED) is 0.682. The third kappa shape index (κ3) is 3.86. The highest BCUT2D eigenvalue weighted by molar-refractivity contribution is 6.28. The van der Waals surface area contributed by atoms with Crippen molar-refractivity contribution in [3.8, 4) is 0 Å². The lowest BCUT2D eigenvalue weighted by Crippen LogP contribution is -2.36. The number of aliphatic imine (C=N–C) groups is 1. The van der Waals surface area contributed by atoms with E-state index in [2.05, 4.69) is 4.99 Å². The largest absolute Gasteiger partial charge is 0.548 e. The van der Waals surface area contributed by atoms with Gasteiger partial charge < -0.3 is 15.0 Å². The number of benzene rings is 1. The molecule has 1 fully saturated rings. The van der Waals surface area contributed by atoms with Crippen LogP contribution in [0.15, 0.2) is 40.9 Å². The highest BCUT2D eigenvalue weighted by Crippen LogP contribution is 2.36. The Balaban J connectivity index is 2.57. The second kappa shape index (κ2) is 6.36. The molecule has 1 atom stereocenters. The first kappa shape index (κ1) is 16.9. The number of aliphatic hydroxyl groups excluding tert-OH is 1. The van der Waals surface area contributed by atoms with Crippen molar-refractivity contribution in [2.24, 2.45) is 10.4 Å². The highest BCUT2D eigenvalue weighted by Gasteiger charge is 2.36. The van der Waals surface area contributed by atoms with Gasteiger partial charge in [-0.1, -0.05) is 44.2 Å². The van der Waals surface area contributed by atoms with E-state index in [1.54, 1.807) is 30.3 Å². The molecule has 0 aliphatic heterocycles. The maximum atomic E-state index is 12.5. The zero-order valence-corrected chi connectivity index (χ0v) is 13.5. The van der Waals surface area contributed by atoms with E-state index in [4.69, 9.17) is 0 Å². The Morgan fingerprint density at radius 3 is 2.43 bits per heavy atom. The van der Waals surface area contributed by atoms with Gasteiger partial charge in [0.05, 0.1) is 23.3 Å². The Morgan fingerprint density at radius 2 is 1.87 bits per heavy atom. The highest BCUT2D eigenvalue weighted by atomic mass is 16.4. The van der Waals surface area contributed by atoms with Crippen LogP contribution in [0.25, 0.3) is 5.76 Å². The van der Waals surface area contributed by atoms with Gasteiger partial charge in [-0.25, -0.2) is 0 Å². The average Bonchev–Trinajstić information content (AvgIpc) is 2.46. The molecule has 0 heterocycles. The number of carboxylic acid groups (broad SMARTS) is 1. The van der Waals surface area contributed by atoms with E-state index in [1.165, 1.54) is 6.92 Å². The fraction of sp³-hybridized carbons (Fsp3) is 0.389. The first-order valence-electron chi connectivity index (χ1n) is 7.51. The van der Waals surface area contributed by atoms with Crippen LogP contribution in [0.2, 0.25) is 0 Å². The number of aliphatic carboxylic acids is 1. The van der Waals surface area contributed by atoms with Crippen molar-refractivity contribution in [1.82, 2.24) is 0 Å². The molecule has 122 valence electrons. The number of Topliss-reactive ketones (excluding diaryl/α,β-unsaturated/α-hetero) is 1. The summed E-state index contributed by atoms with van der Waals surface area (Å²) >= 11 is 0. The first-order valence-corrected chi connectivity index (χ1v) is 7.51. The first-order chi connectivity index (χ1) is 10.7. The minimum atomic E-state index is -1.31. The summed E-state index contributed by atoms with van der Waals surface area (Å²) in [5.74, 6) is -1.70. The molecule has 1 unspecified atom stereocenters. The summed E-state index contributed by atoms with van der Waals surface area (Å²) in [5.41, 5.74) is 0.611. The van der Waals surface area contributed by atoms with E-state index in [9.17, 15) is 19.8 Å². The van der Waals surface area contributed by atoms with Gasteiger partial charge in [0.2, 0.25) is 0 Å². The lowest BCUT2D eigenvalue weighted by atomic mass is 9.73. The summed E-state index contributed by atoms with van der Waals surface area (Å²) in [4.78, 5) is 27.6. The Hall–Kier alpha value is -2.43. The molecule has 0 amide bonds. The number of allylic oxidation sites excluding steroid dienone is 1. The SMILES string of the molecule is CC(N=C1CC(C)(C)CC(=O)C1=C(O)c1ccccc1)C(=O)[O-]. The molecular weight excluding hydrogens is 294 g/mol. The van der Waals surface area contributed by atoms with Gasteiger partial charge in [0, 0.05) is 12.0 Å². The molecule has 0 bridgehead atoms. The van der Waals surface area contributed by atoms with E-state index in [0.29, 0.717) is 17.7 Å². The van der Waals surface area contributed by atoms with Crippen molar-refractivity contribution in [2.45, 2.75) is 39.7 Å². The molecule has 1 aromatic rings. The predicted octanol–water partition coefficient (Wildman–Crippen LogP) is 1.92. The van der Waals surface area contributed by atoms with Gasteiger partial charge in [0.25, 0.3) is 0 Å². The summed E-state index contributed by atoms with van der Waals surface area (Å²) in [7, 11) is 0. The molecule has 1 saturated carbocycles. The van der Waals surface area contributed by atoms with Gasteiger partial charge in [-0.15, -0.1) is 0 Å². The Bertz CT molecular complexity index is 686. The smallest absolute Gasteiger partial charge is 0.168 e. The maximum absolute atomic E-state index is 12.5. The summed E-state index contributed by atoms with van der Waals surface area (Å²) in [6, 6.07) is 7.61. The van der Waals surface area contributed by atoms with Crippen LogP contribution in [0.4, 0.5) is 0 Å². The maximum Gasteiger partial charge on any atom is 0.168 e. The zero-order valence-electron chi connectivity index (χ0n) is 13.5. The summed E-state index contributed by atoms with van der Waals surface area (Å²) in [5, 5.41) is 21.5. The molecule has 1 aromatic carbocycles. The van der Waals surface area contributed by atoms with Crippen LogP contribution in [0.3, 0.4) is 0 Å². The predicted molar refractivity (Wildman–Crippen MR) is 85.9 cm³/mol. The Labute approximate surface area is 135 Å². The van der Waals surface area contributed by atoms with Crippen LogP contribution in [-0.4, -0.2) is 28.6 Å². The fourth-order valence-electron chi connectivity index (χ4n) is 2.69. The van der Waals surface area contributed by atoms with E-state index < -0.39 is 12.0 Å². The van der Waals surface area contributed by atoms with Crippen molar-refractivity contribution in [1.29, 1.82) is 0 Å². The molecule has 0 saturated heterocycles. The monoisotopic (exact) mass is 314 g/mol. The van der Waals surface area contributed by atoms with Gasteiger partial charge >= 0.3 is 0 Å².